The molecule has 2 rings (SSSR count). The monoisotopic (exact) mass is 298 g/mol. The van der Waals surface area contributed by atoms with Crippen LogP contribution in [0.25, 0.3) is 0 Å². The summed E-state index contributed by atoms with van der Waals surface area (Å²) in [5, 5.41) is 3.38. The average molecular weight is 299 g/mol. The maximum atomic E-state index is 13.8. The minimum Gasteiger partial charge on any atom is -0.310 e. The van der Waals surface area contributed by atoms with Gasteiger partial charge >= 0.3 is 0 Å². The van der Waals surface area contributed by atoms with E-state index in [-0.39, 0.29) is 11.9 Å². The smallest absolute Gasteiger partial charge is 0.146 e. The van der Waals surface area contributed by atoms with Crippen molar-refractivity contribution in [3.05, 3.63) is 51.2 Å². The van der Waals surface area contributed by atoms with Crippen LogP contribution in [0.1, 0.15) is 29.8 Å². The lowest BCUT2D eigenvalue weighted by Gasteiger charge is -2.18. The van der Waals surface area contributed by atoms with Crippen molar-refractivity contribution in [2.24, 2.45) is 0 Å². The number of pyridine rings is 1. The largest absolute Gasteiger partial charge is 0.310 e. The Morgan fingerprint density at radius 1 is 1.42 bits per heavy atom. The summed E-state index contributed by atoms with van der Waals surface area (Å²) in [6.45, 7) is 2.94. The van der Waals surface area contributed by atoms with Crippen molar-refractivity contribution >= 4 is 22.9 Å². The zero-order chi connectivity index (χ0) is 13.7. The van der Waals surface area contributed by atoms with Crippen LogP contribution in [0, 0.1) is 5.82 Å². The molecule has 1 N–H and O–H groups in total. The van der Waals surface area contributed by atoms with E-state index >= 15 is 0 Å². The van der Waals surface area contributed by atoms with E-state index in [9.17, 15) is 4.39 Å². The maximum Gasteiger partial charge on any atom is 0.146 e. The number of nitrogens with zero attached hydrogens (tertiary/aromatic N) is 1. The van der Waals surface area contributed by atoms with Gasteiger partial charge in [-0.05, 0) is 31.2 Å². The Balaban J connectivity index is 2.18. The highest BCUT2D eigenvalue weighted by Crippen LogP contribution is 2.27. The topological polar surface area (TPSA) is 24.9 Å². The first-order chi connectivity index (χ1) is 9.20. The third-order valence-electron chi connectivity index (χ3n) is 2.85. The Kier molecular flexibility index (Phi) is 5.31. The van der Waals surface area contributed by atoms with Gasteiger partial charge in [0.25, 0.3) is 0 Å². The molecule has 19 heavy (non-hydrogen) atoms. The molecule has 0 bridgehead atoms. The van der Waals surface area contributed by atoms with Crippen LogP contribution in [-0.4, -0.2) is 11.5 Å². The molecular formula is C14H16ClFN2S. The summed E-state index contributed by atoms with van der Waals surface area (Å²) in [4.78, 5) is 4.95. The molecule has 0 aromatic carbocycles. The van der Waals surface area contributed by atoms with E-state index in [4.69, 9.17) is 11.6 Å². The van der Waals surface area contributed by atoms with Crippen LogP contribution in [0.2, 0.25) is 4.34 Å². The first-order valence-corrected chi connectivity index (χ1v) is 7.47. The van der Waals surface area contributed by atoms with Crippen molar-refractivity contribution < 1.29 is 4.39 Å². The van der Waals surface area contributed by atoms with Crippen molar-refractivity contribution in [2.45, 2.75) is 25.8 Å². The fraction of sp³-hybridized carbons (Fsp3) is 0.357. The molecule has 0 aliphatic carbocycles. The zero-order valence-electron chi connectivity index (χ0n) is 10.7. The molecule has 0 aliphatic heterocycles. The molecule has 2 aromatic rings. The standard InChI is InChI=1S/C14H16ClFN2S/c1-2-6-18-13(8-10-3-4-14(15)19-10)11-5-7-17-9-12(11)16/h3-5,7,9,13,18H,2,6,8H2,1H3. The third kappa shape index (κ3) is 4.00. The van der Waals surface area contributed by atoms with Gasteiger partial charge in [0.2, 0.25) is 0 Å². The molecule has 2 nitrogen and oxygen atoms in total. The highest BCUT2D eigenvalue weighted by atomic mass is 35.5. The summed E-state index contributed by atoms with van der Waals surface area (Å²) in [7, 11) is 0. The van der Waals surface area contributed by atoms with E-state index < -0.39 is 0 Å². The number of halogens is 2. The molecular weight excluding hydrogens is 283 g/mol. The number of thiophene rings is 1. The molecule has 1 atom stereocenters. The van der Waals surface area contributed by atoms with E-state index in [1.165, 1.54) is 17.5 Å². The molecule has 0 saturated carbocycles. The molecule has 0 aliphatic rings. The summed E-state index contributed by atoms with van der Waals surface area (Å²) >= 11 is 7.48. The maximum absolute atomic E-state index is 13.8. The summed E-state index contributed by atoms with van der Waals surface area (Å²) in [6, 6.07) is 5.56. The Morgan fingerprint density at radius 2 is 2.26 bits per heavy atom. The Bertz CT molecular complexity index is 530. The molecule has 5 heteroatoms. The minimum absolute atomic E-state index is 0.0438. The second-order valence-corrected chi connectivity index (χ2v) is 6.11. The third-order valence-corrected chi connectivity index (χ3v) is 4.11. The van der Waals surface area contributed by atoms with Crippen LogP contribution in [0.5, 0.6) is 0 Å². The van der Waals surface area contributed by atoms with Crippen molar-refractivity contribution in [1.82, 2.24) is 10.3 Å². The summed E-state index contributed by atoms with van der Waals surface area (Å²) in [5.74, 6) is -0.265. The van der Waals surface area contributed by atoms with Gasteiger partial charge < -0.3 is 5.32 Å². The van der Waals surface area contributed by atoms with Gasteiger partial charge in [0.1, 0.15) is 5.82 Å². The van der Waals surface area contributed by atoms with Crippen molar-refractivity contribution in [1.29, 1.82) is 0 Å². The van der Waals surface area contributed by atoms with Gasteiger partial charge in [-0.1, -0.05) is 18.5 Å². The highest BCUT2D eigenvalue weighted by Gasteiger charge is 2.16. The summed E-state index contributed by atoms with van der Waals surface area (Å²) < 4.78 is 14.6. The second kappa shape index (κ2) is 6.98. The first kappa shape index (κ1) is 14.4. The summed E-state index contributed by atoms with van der Waals surface area (Å²) in [6.07, 6.45) is 4.63. The lowest BCUT2D eigenvalue weighted by Crippen LogP contribution is -2.24. The van der Waals surface area contributed by atoms with Crippen molar-refractivity contribution in [2.75, 3.05) is 6.54 Å². The predicted octanol–water partition coefficient (Wildman–Crippen LogP) is 4.22. The Labute approximate surface area is 121 Å². The number of rotatable bonds is 6. The number of aromatic nitrogens is 1. The second-order valence-electron chi connectivity index (χ2n) is 4.31. The first-order valence-electron chi connectivity index (χ1n) is 6.27. The van der Waals surface area contributed by atoms with Crippen LogP contribution in [0.15, 0.2) is 30.6 Å². The van der Waals surface area contributed by atoms with E-state index in [0.29, 0.717) is 5.56 Å². The van der Waals surface area contributed by atoms with Crippen molar-refractivity contribution in [3.63, 3.8) is 0 Å². The van der Waals surface area contributed by atoms with Crippen LogP contribution in [-0.2, 0) is 6.42 Å². The van der Waals surface area contributed by atoms with Gasteiger partial charge in [0.15, 0.2) is 0 Å². The zero-order valence-corrected chi connectivity index (χ0v) is 12.3. The lowest BCUT2D eigenvalue weighted by molar-refractivity contribution is 0.497. The average Bonchev–Trinajstić information content (AvgIpc) is 2.81. The minimum atomic E-state index is -0.265. The highest BCUT2D eigenvalue weighted by molar-refractivity contribution is 7.16. The molecule has 102 valence electrons. The SMILES string of the molecule is CCCNC(Cc1ccc(Cl)s1)c1ccncc1F. The molecule has 2 heterocycles. The quantitative estimate of drug-likeness (QED) is 0.864. The molecule has 0 spiro atoms. The Hall–Kier alpha value is -0.970. The molecule has 0 fully saturated rings. The molecule has 1 unspecified atom stereocenters. The molecule has 0 amide bonds. The van der Waals surface area contributed by atoms with E-state index in [1.54, 1.807) is 12.3 Å². The van der Waals surface area contributed by atoms with E-state index in [0.717, 1.165) is 28.6 Å². The van der Waals surface area contributed by atoms with E-state index in [1.807, 2.05) is 12.1 Å². The van der Waals surface area contributed by atoms with Gasteiger partial charge in [0.05, 0.1) is 10.5 Å². The lowest BCUT2D eigenvalue weighted by atomic mass is 10.0. The van der Waals surface area contributed by atoms with Crippen LogP contribution >= 0.6 is 22.9 Å². The molecule has 0 saturated heterocycles. The number of hydrogen-bond donors (Lipinski definition) is 1. The number of nitrogens with one attached hydrogen (secondary N) is 1. The van der Waals surface area contributed by atoms with Gasteiger partial charge in [-0.15, -0.1) is 11.3 Å². The Morgan fingerprint density at radius 3 is 2.89 bits per heavy atom. The fourth-order valence-electron chi connectivity index (χ4n) is 1.94. The van der Waals surface area contributed by atoms with Crippen LogP contribution < -0.4 is 5.32 Å². The fourth-order valence-corrected chi connectivity index (χ4v) is 3.07. The predicted molar refractivity (Wildman–Crippen MR) is 78.3 cm³/mol. The van der Waals surface area contributed by atoms with Gasteiger partial charge in [-0.2, -0.15) is 0 Å². The van der Waals surface area contributed by atoms with Crippen molar-refractivity contribution in [3.8, 4) is 0 Å². The normalized spacial score (nSPS) is 12.6. The van der Waals surface area contributed by atoms with E-state index in [2.05, 4.69) is 17.2 Å². The van der Waals surface area contributed by atoms with Crippen LogP contribution in [0.3, 0.4) is 0 Å². The van der Waals surface area contributed by atoms with Gasteiger partial charge in [-0.25, -0.2) is 4.39 Å². The molecule has 0 radical (unpaired) electrons. The molecule has 2 aromatic heterocycles. The summed E-state index contributed by atoms with van der Waals surface area (Å²) in [5.41, 5.74) is 0.660. The van der Waals surface area contributed by atoms with Crippen LogP contribution in [0.4, 0.5) is 4.39 Å². The van der Waals surface area contributed by atoms with Gasteiger partial charge in [0, 0.05) is 29.1 Å². The van der Waals surface area contributed by atoms with Gasteiger partial charge in [-0.3, -0.25) is 4.98 Å². The number of hydrogen-bond acceptors (Lipinski definition) is 3.